The molecule has 27 heavy (non-hydrogen) atoms. The zero-order valence-electron chi connectivity index (χ0n) is 14.4. The summed E-state index contributed by atoms with van der Waals surface area (Å²) < 4.78 is 10.7. The maximum Gasteiger partial charge on any atom is 0.250 e. The number of carbonyl (C=O) groups is 1. The molecule has 4 rings (SSSR count). The Hall–Kier alpha value is -3.45. The van der Waals surface area contributed by atoms with Crippen LogP contribution in [0.3, 0.4) is 0 Å². The zero-order chi connectivity index (χ0) is 18.6. The van der Waals surface area contributed by atoms with Crippen molar-refractivity contribution >= 4 is 39.6 Å². The molecule has 0 spiro atoms. The lowest BCUT2D eigenvalue weighted by molar-refractivity contribution is -0.111. The Morgan fingerprint density at radius 2 is 1.96 bits per heavy atom. The molecule has 0 saturated carbocycles. The summed E-state index contributed by atoms with van der Waals surface area (Å²) in [6.07, 6.45) is 2.91. The van der Waals surface area contributed by atoms with Crippen LogP contribution in [0.5, 0.6) is 5.75 Å². The molecule has 0 aliphatic carbocycles. The maximum atomic E-state index is 12.1. The van der Waals surface area contributed by atoms with Crippen LogP contribution in [0.2, 0.25) is 0 Å². The van der Waals surface area contributed by atoms with Crippen molar-refractivity contribution in [1.82, 2.24) is 9.97 Å². The lowest BCUT2D eigenvalue weighted by atomic mass is 10.2. The van der Waals surface area contributed by atoms with E-state index in [1.165, 1.54) is 23.5 Å². The minimum atomic E-state index is -0.298. The molecule has 2 aromatic carbocycles. The summed E-state index contributed by atoms with van der Waals surface area (Å²) in [4.78, 5) is 20.8. The van der Waals surface area contributed by atoms with Gasteiger partial charge in [0.25, 0.3) is 0 Å². The Labute approximate surface area is 159 Å². The lowest BCUT2D eigenvalue weighted by Crippen LogP contribution is -2.07. The van der Waals surface area contributed by atoms with Crippen molar-refractivity contribution in [2.24, 2.45) is 0 Å². The van der Waals surface area contributed by atoms with Gasteiger partial charge in [-0.1, -0.05) is 12.1 Å². The number of benzene rings is 2. The molecular weight excluding hydrogens is 362 g/mol. The van der Waals surface area contributed by atoms with E-state index in [4.69, 9.17) is 9.15 Å². The van der Waals surface area contributed by atoms with Gasteiger partial charge in [0, 0.05) is 23.1 Å². The van der Waals surface area contributed by atoms with Gasteiger partial charge in [0.15, 0.2) is 10.7 Å². The third-order valence-corrected chi connectivity index (χ3v) is 4.57. The van der Waals surface area contributed by atoms with Gasteiger partial charge in [-0.05, 0) is 36.4 Å². The summed E-state index contributed by atoms with van der Waals surface area (Å²) in [6.45, 7) is 0. The number of hydrogen-bond donors (Lipinski definition) is 1. The molecule has 0 bridgehead atoms. The third-order valence-electron chi connectivity index (χ3n) is 3.81. The van der Waals surface area contributed by atoms with Gasteiger partial charge in [-0.15, -0.1) is 11.3 Å². The van der Waals surface area contributed by atoms with Gasteiger partial charge in [-0.3, -0.25) is 10.1 Å². The number of aromatic nitrogens is 2. The number of methoxy groups -OCH3 is 1. The number of nitrogens with zero attached hydrogens (tertiary/aromatic N) is 2. The quantitative estimate of drug-likeness (QED) is 0.514. The van der Waals surface area contributed by atoms with E-state index in [1.54, 1.807) is 7.11 Å². The van der Waals surface area contributed by atoms with Gasteiger partial charge in [0.1, 0.15) is 11.3 Å². The normalized spacial score (nSPS) is 11.1. The van der Waals surface area contributed by atoms with Crippen LogP contribution >= 0.6 is 11.3 Å². The summed E-state index contributed by atoms with van der Waals surface area (Å²) in [5.74, 6) is 0.865. The SMILES string of the molecule is COc1ccc(-c2csc(NC(=O)/C=C/c3nc4ccccc4o3)n2)cc1. The average molecular weight is 377 g/mol. The van der Waals surface area contributed by atoms with Crippen molar-refractivity contribution in [1.29, 1.82) is 0 Å². The van der Waals surface area contributed by atoms with Crippen molar-refractivity contribution in [2.45, 2.75) is 0 Å². The van der Waals surface area contributed by atoms with Crippen LogP contribution < -0.4 is 10.1 Å². The van der Waals surface area contributed by atoms with Gasteiger partial charge < -0.3 is 9.15 Å². The highest BCUT2D eigenvalue weighted by molar-refractivity contribution is 7.14. The second kappa shape index (κ2) is 7.43. The van der Waals surface area contributed by atoms with Crippen molar-refractivity contribution in [3.63, 3.8) is 0 Å². The van der Waals surface area contributed by atoms with E-state index < -0.39 is 0 Å². The first-order valence-electron chi connectivity index (χ1n) is 8.16. The Kier molecular flexibility index (Phi) is 4.67. The summed E-state index contributed by atoms with van der Waals surface area (Å²) in [5, 5.41) is 5.16. The fraction of sp³-hybridized carbons (Fsp3) is 0.0500. The average Bonchev–Trinajstić information content (AvgIpc) is 3.33. The number of carbonyl (C=O) groups excluding carboxylic acids is 1. The minimum absolute atomic E-state index is 0.298. The molecule has 1 amide bonds. The standard InChI is InChI=1S/C20H15N3O3S/c1-25-14-8-6-13(7-9-14)16-12-27-20(22-16)23-18(24)10-11-19-21-15-4-2-3-5-17(15)26-19/h2-12H,1H3,(H,22,23,24)/b11-10+. The summed E-state index contributed by atoms with van der Waals surface area (Å²) in [6, 6.07) is 15.0. The second-order valence-electron chi connectivity index (χ2n) is 5.61. The fourth-order valence-electron chi connectivity index (χ4n) is 2.48. The number of oxazole rings is 1. The number of amides is 1. The summed E-state index contributed by atoms with van der Waals surface area (Å²) in [5.41, 5.74) is 3.18. The topological polar surface area (TPSA) is 77.2 Å². The first kappa shape index (κ1) is 17.0. The molecule has 134 valence electrons. The maximum absolute atomic E-state index is 12.1. The Morgan fingerprint density at radius 1 is 1.15 bits per heavy atom. The first-order chi connectivity index (χ1) is 13.2. The number of hydrogen-bond acceptors (Lipinski definition) is 6. The van der Waals surface area contributed by atoms with Crippen molar-refractivity contribution < 1.29 is 13.9 Å². The predicted octanol–water partition coefficient (Wildman–Crippen LogP) is 4.61. The largest absolute Gasteiger partial charge is 0.497 e. The molecule has 0 aliphatic heterocycles. The molecule has 4 aromatic rings. The van der Waals surface area contributed by atoms with Crippen molar-refractivity contribution in [2.75, 3.05) is 12.4 Å². The molecular formula is C20H15N3O3S. The van der Waals surface area contributed by atoms with Crippen LogP contribution in [0, 0.1) is 0 Å². The number of anilines is 1. The van der Waals surface area contributed by atoms with E-state index in [9.17, 15) is 4.79 Å². The van der Waals surface area contributed by atoms with Gasteiger partial charge >= 0.3 is 0 Å². The summed E-state index contributed by atoms with van der Waals surface area (Å²) >= 11 is 1.36. The molecule has 0 aliphatic rings. The van der Waals surface area contributed by atoms with E-state index in [-0.39, 0.29) is 5.91 Å². The zero-order valence-corrected chi connectivity index (χ0v) is 15.2. The van der Waals surface area contributed by atoms with Gasteiger partial charge in [-0.2, -0.15) is 0 Å². The third kappa shape index (κ3) is 3.88. The first-order valence-corrected chi connectivity index (χ1v) is 9.04. The van der Waals surface area contributed by atoms with Crippen molar-refractivity contribution in [3.05, 3.63) is 65.9 Å². The molecule has 0 radical (unpaired) electrons. The van der Waals surface area contributed by atoms with Gasteiger partial charge in [0.05, 0.1) is 12.8 Å². The molecule has 2 aromatic heterocycles. The van der Waals surface area contributed by atoms with E-state index in [0.717, 1.165) is 22.5 Å². The van der Waals surface area contributed by atoms with Crippen LogP contribution in [-0.4, -0.2) is 23.0 Å². The van der Waals surface area contributed by atoms with E-state index in [2.05, 4.69) is 15.3 Å². The Morgan fingerprint density at radius 3 is 2.74 bits per heavy atom. The lowest BCUT2D eigenvalue weighted by Gasteiger charge is -2.00. The fourth-order valence-corrected chi connectivity index (χ4v) is 3.20. The van der Waals surface area contributed by atoms with Crippen LogP contribution in [0.1, 0.15) is 5.89 Å². The Bertz CT molecular complexity index is 1080. The highest BCUT2D eigenvalue weighted by Crippen LogP contribution is 2.26. The number of thiazole rings is 1. The van der Waals surface area contributed by atoms with Crippen molar-refractivity contribution in [3.8, 4) is 17.0 Å². The summed E-state index contributed by atoms with van der Waals surface area (Å²) in [7, 11) is 1.62. The predicted molar refractivity (Wildman–Crippen MR) is 106 cm³/mol. The van der Waals surface area contributed by atoms with E-state index in [0.29, 0.717) is 16.6 Å². The van der Waals surface area contributed by atoms with Crippen LogP contribution in [-0.2, 0) is 4.79 Å². The minimum Gasteiger partial charge on any atom is -0.497 e. The highest BCUT2D eigenvalue weighted by atomic mass is 32.1. The number of nitrogens with one attached hydrogen (secondary N) is 1. The van der Waals surface area contributed by atoms with Crippen LogP contribution in [0.4, 0.5) is 5.13 Å². The molecule has 7 heteroatoms. The second-order valence-corrected chi connectivity index (χ2v) is 6.47. The molecule has 0 atom stereocenters. The van der Waals surface area contributed by atoms with Crippen LogP contribution in [0.25, 0.3) is 28.4 Å². The molecule has 0 fully saturated rings. The molecule has 6 nitrogen and oxygen atoms in total. The highest BCUT2D eigenvalue weighted by Gasteiger charge is 2.07. The van der Waals surface area contributed by atoms with Gasteiger partial charge in [-0.25, -0.2) is 9.97 Å². The molecule has 0 unspecified atom stereocenters. The smallest absolute Gasteiger partial charge is 0.250 e. The molecule has 1 N–H and O–H groups in total. The Balaban J connectivity index is 1.42. The number of para-hydroxylation sites is 2. The number of ether oxygens (including phenoxy) is 1. The number of rotatable bonds is 5. The number of fused-ring (bicyclic) bond motifs is 1. The monoisotopic (exact) mass is 377 g/mol. The molecule has 2 heterocycles. The molecule has 0 saturated heterocycles. The van der Waals surface area contributed by atoms with E-state index >= 15 is 0 Å². The van der Waals surface area contributed by atoms with Gasteiger partial charge in [0.2, 0.25) is 11.8 Å². The van der Waals surface area contributed by atoms with E-state index in [1.807, 2.05) is 53.9 Å². The van der Waals surface area contributed by atoms with Crippen LogP contribution in [0.15, 0.2) is 64.4 Å².